The van der Waals surface area contributed by atoms with Crippen LogP contribution in [0.1, 0.15) is 56.3 Å². The lowest BCUT2D eigenvalue weighted by molar-refractivity contribution is -0.115. The van der Waals surface area contributed by atoms with E-state index in [-0.39, 0.29) is 29.5 Å². The van der Waals surface area contributed by atoms with Crippen molar-refractivity contribution in [1.29, 1.82) is 0 Å². The average molecular weight is 417 g/mol. The number of hydrogen-bond donors (Lipinski definition) is 1. The van der Waals surface area contributed by atoms with Crippen molar-refractivity contribution in [2.45, 2.75) is 51.5 Å². The maximum Gasteiger partial charge on any atom is 0.231 e. The molecule has 9 nitrogen and oxygen atoms in total. The van der Waals surface area contributed by atoms with Gasteiger partial charge < -0.3 is 5.32 Å². The predicted octanol–water partition coefficient (Wildman–Crippen LogP) is 2.86. The Morgan fingerprint density at radius 2 is 2.03 bits per heavy atom. The van der Waals surface area contributed by atoms with Crippen molar-refractivity contribution in [2.24, 2.45) is 0 Å². The molecule has 31 heavy (non-hydrogen) atoms. The zero-order chi connectivity index (χ0) is 21.5. The van der Waals surface area contributed by atoms with Crippen molar-refractivity contribution in [3.8, 4) is 0 Å². The lowest BCUT2D eigenvalue weighted by atomic mass is 9.80. The Balaban J connectivity index is 1.46. The second kappa shape index (κ2) is 7.57. The van der Waals surface area contributed by atoms with Crippen LogP contribution in [0.2, 0.25) is 0 Å². The maximum absolute atomic E-state index is 13.1. The Bertz CT molecular complexity index is 1350. The molecule has 1 aliphatic rings. The summed E-state index contributed by atoms with van der Waals surface area (Å²) in [4.78, 5) is 25.7. The summed E-state index contributed by atoms with van der Waals surface area (Å²) in [5.74, 6) is 0.568. The van der Waals surface area contributed by atoms with E-state index in [1.165, 1.54) is 35.7 Å². The van der Waals surface area contributed by atoms with Crippen LogP contribution in [0.15, 0.2) is 41.5 Å². The Labute approximate surface area is 178 Å². The Hall–Kier alpha value is -3.62. The molecule has 0 bridgehead atoms. The summed E-state index contributed by atoms with van der Waals surface area (Å²) < 4.78 is 3.32. The van der Waals surface area contributed by atoms with Gasteiger partial charge in [0, 0.05) is 11.4 Å². The van der Waals surface area contributed by atoms with Gasteiger partial charge in [0.1, 0.15) is 12.0 Å². The summed E-state index contributed by atoms with van der Waals surface area (Å²) in [6, 6.07) is 9.42. The van der Waals surface area contributed by atoms with Crippen molar-refractivity contribution in [1.82, 2.24) is 29.6 Å². The maximum atomic E-state index is 13.1. The number of anilines is 1. The molecule has 3 aromatic heterocycles. The molecule has 1 N–H and O–H groups in total. The SMILES string of the molecule is CC(C)n1nc(CC(=O)Nc2ccc3nncn3n2)c(=O)c2ccc(C3CCC3)cc21. The van der Waals surface area contributed by atoms with Crippen LogP contribution in [0.5, 0.6) is 0 Å². The van der Waals surface area contributed by atoms with Crippen molar-refractivity contribution in [3.63, 3.8) is 0 Å². The van der Waals surface area contributed by atoms with E-state index in [0.29, 0.717) is 22.8 Å². The third-order valence-electron chi connectivity index (χ3n) is 5.83. The quantitative estimate of drug-likeness (QED) is 0.535. The normalized spacial score (nSPS) is 14.3. The number of carbonyl (C=O) groups is 1. The van der Waals surface area contributed by atoms with Crippen LogP contribution in [-0.4, -0.2) is 35.5 Å². The first kappa shape index (κ1) is 19.3. The molecular formula is C22H23N7O2. The van der Waals surface area contributed by atoms with E-state index in [2.05, 4.69) is 31.8 Å². The van der Waals surface area contributed by atoms with E-state index in [9.17, 15) is 9.59 Å². The van der Waals surface area contributed by atoms with Crippen molar-refractivity contribution in [3.05, 3.63) is 58.1 Å². The highest BCUT2D eigenvalue weighted by Gasteiger charge is 2.22. The van der Waals surface area contributed by atoms with E-state index in [1.54, 1.807) is 12.1 Å². The van der Waals surface area contributed by atoms with Crippen LogP contribution in [0.4, 0.5) is 5.82 Å². The first-order valence-electron chi connectivity index (χ1n) is 10.5. The van der Waals surface area contributed by atoms with Crippen molar-refractivity contribution >= 4 is 28.3 Å². The number of hydrogen-bond acceptors (Lipinski definition) is 6. The van der Waals surface area contributed by atoms with Gasteiger partial charge in [0.25, 0.3) is 0 Å². The number of nitrogens with one attached hydrogen (secondary N) is 1. The fraction of sp³-hybridized carbons (Fsp3) is 0.364. The predicted molar refractivity (Wildman–Crippen MR) is 116 cm³/mol. The average Bonchev–Trinajstić information content (AvgIpc) is 3.16. The lowest BCUT2D eigenvalue weighted by Gasteiger charge is -2.26. The molecule has 1 fully saturated rings. The number of benzene rings is 1. The van der Waals surface area contributed by atoms with Crippen LogP contribution in [0.25, 0.3) is 16.6 Å². The molecule has 0 spiro atoms. The van der Waals surface area contributed by atoms with Gasteiger partial charge in [-0.3, -0.25) is 14.3 Å². The number of nitrogens with zero attached hydrogens (tertiary/aromatic N) is 6. The second-order valence-corrected chi connectivity index (χ2v) is 8.30. The number of aromatic nitrogens is 6. The van der Waals surface area contributed by atoms with E-state index in [0.717, 1.165) is 5.52 Å². The minimum Gasteiger partial charge on any atom is -0.309 e. The molecule has 3 heterocycles. The lowest BCUT2D eigenvalue weighted by Crippen LogP contribution is -2.26. The van der Waals surface area contributed by atoms with E-state index >= 15 is 0 Å². The molecule has 0 aliphatic heterocycles. The van der Waals surface area contributed by atoms with Gasteiger partial charge in [-0.05, 0) is 62.4 Å². The van der Waals surface area contributed by atoms with Crippen LogP contribution < -0.4 is 10.7 Å². The standard InChI is InChI=1S/C22H23N7O2/c1-13(2)29-18-10-15(14-4-3-5-14)6-7-16(18)22(31)17(26-29)11-21(30)24-19-8-9-20-25-23-12-28(20)27-19/h6-10,12-14H,3-5,11H2,1-2H3,(H,24,27,30). The molecule has 9 heteroatoms. The summed E-state index contributed by atoms with van der Waals surface area (Å²) in [5.41, 5.74) is 2.68. The smallest absolute Gasteiger partial charge is 0.231 e. The van der Waals surface area contributed by atoms with E-state index < -0.39 is 0 Å². The Kier molecular flexibility index (Phi) is 4.72. The topological polar surface area (TPSA) is 107 Å². The van der Waals surface area contributed by atoms with Gasteiger partial charge in [-0.2, -0.15) is 9.61 Å². The molecule has 0 atom stereocenters. The van der Waals surface area contributed by atoms with Gasteiger partial charge in [0.15, 0.2) is 11.5 Å². The molecule has 0 saturated heterocycles. The number of fused-ring (bicyclic) bond motifs is 2. The fourth-order valence-corrected chi connectivity index (χ4v) is 3.95. The van der Waals surface area contributed by atoms with Gasteiger partial charge in [-0.1, -0.05) is 12.5 Å². The zero-order valence-electron chi connectivity index (χ0n) is 17.4. The molecule has 1 amide bonds. The third kappa shape index (κ3) is 3.56. The van der Waals surface area contributed by atoms with Gasteiger partial charge in [-0.25, -0.2) is 0 Å². The van der Waals surface area contributed by atoms with E-state index in [4.69, 9.17) is 0 Å². The molecule has 4 aromatic rings. The molecule has 1 aliphatic carbocycles. The number of rotatable bonds is 5. The molecule has 158 valence electrons. The van der Waals surface area contributed by atoms with Gasteiger partial charge in [-0.15, -0.1) is 15.3 Å². The molecule has 0 radical (unpaired) electrons. The molecule has 5 rings (SSSR count). The Morgan fingerprint density at radius 1 is 1.19 bits per heavy atom. The van der Waals surface area contributed by atoms with Crippen LogP contribution >= 0.6 is 0 Å². The molecule has 0 unspecified atom stereocenters. The van der Waals surface area contributed by atoms with Crippen molar-refractivity contribution in [2.75, 3.05) is 5.32 Å². The first-order chi connectivity index (χ1) is 15.0. The fourth-order valence-electron chi connectivity index (χ4n) is 3.95. The summed E-state index contributed by atoms with van der Waals surface area (Å²) in [6.07, 6.45) is 4.96. The summed E-state index contributed by atoms with van der Waals surface area (Å²) in [7, 11) is 0. The minimum atomic E-state index is -0.356. The highest BCUT2D eigenvalue weighted by Crippen LogP contribution is 2.37. The van der Waals surface area contributed by atoms with Crippen LogP contribution in [-0.2, 0) is 11.2 Å². The Morgan fingerprint density at radius 3 is 2.77 bits per heavy atom. The summed E-state index contributed by atoms with van der Waals surface area (Å²) in [6.45, 7) is 4.05. The highest BCUT2D eigenvalue weighted by atomic mass is 16.2. The number of carbonyl (C=O) groups excluding carboxylic acids is 1. The highest BCUT2D eigenvalue weighted by molar-refractivity contribution is 5.91. The largest absolute Gasteiger partial charge is 0.309 e. The van der Waals surface area contributed by atoms with Gasteiger partial charge >= 0.3 is 0 Å². The van der Waals surface area contributed by atoms with Gasteiger partial charge in [0.2, 0.25) is 11.3 Å². The monoisotopic (exact) mass is 417 g/mol. The molecule has 1 aromatic carbocycles. The number of amides is 1. The second-order valence-electron chi connectivity index (χ2n) is 8.30. The third-order valence-corrected chi connectivity index (χ3v) is 5.83. The minimum absolute atomic E-state index is 0.0550. The van der Waals surface area contributed by atoms with Crippen molar-refractivity contribution < 1.29 is 4.79 Å². The summed E-state index contributed by atoms with van der Waals surface area (Å²) >= 11 is 0. The van der Waals surface area contributed by atoms with Crippen LogP contribution in [0, 0.1) is 0 Å². The zero-order valence-corrected chi connectivity index (χ0v) is 17.4. The molecular weight excluding hydrogens is 394 g/mol. The van der Waals surface area contributed by atoms with Crippen LogP contribution in [0.3, 0.4) is 0 Å². The molecule has 1 saturated carbocycles. The first-order valence-corrected chi connectivity index (χ1v) is 10.5. The van der Waals surface area contributed by atoms with E-state index in [1.807, 2.05) is 30.7 Å². The van der Waals surface area contributed by atoms with Gasteiger partial charge in [0.05, 0.1) is 11.9 Å². The summed E-state index contributed by atoms with van der Waals surface area (Å²) in [5, 5.41) is 19.8.